The summed E-state index contributed by atoms with van der Waals surface area (Å²) < 4.78 is 185. The van der Waals surface area contributed by atoms with Crippen LogP contribution in [0.5, 0.6) is 0 Å². The standard InChI is InChI=1S/C24H12F6I2N2O2.C24H14F6N2O2/c1-9-3-11(7-13(5-9)23(25,26)27)15-17-20(36-21(31)33-17)16(18-19(15)35-22(32)34-18)12-4-10(2)6-14(8-12)24(28,29)30;1-11-3-13(7-15(5-11)23(25,26)27)17-19-22(34-9-31-19)18(20-21(17)33-10-32-20)14-4-12(2)6-16(8-14)24(28,29)30/h3-8H,1-2H3;3-10H,1-2H3. The van der Waals surface area contributed by atoms with Gasteiger partial charge in [0.25, 0.3) is 7.79 Å². The van der Waals surface area contributed by atoms with Crippen LogP contribution in [0.2, 0.25) is 0 Å². The predicted molar refractivity (Wildman–Crippen MR) is 249 cm³/mol. The van der Waals surface area contributed by atoms with Gasteiger partial charge in [0, 0.05) is 45.2 Å². The summed E-state index contributed by atoms with van der Waals surface area (Å²) in [6.45, 7) is 6.11. The van der Waals surface area contributed by atoms with Crippen molar-refractivity contribution in [1.82, 2.24) is 19.9 Å². The second-order valence-electron chi connectivity index (χ2n) is 16.2. The lowest BCUT2D eigenvalue weighted by Crippen LogP contribution is -2.06. The Morgan fingerprint density at radius 2 is 0.614 bits per heavy atom. The second-order valence-corrected chi connectivity index (χ2v) is 18.0. The molecule has 0 atom stereocenters. The van der Waals surface area contributed by atoms with Gasteiger partial charge in [0.05, 0.1) is 44.5 Å². The Kier molecular flexibility index (Phi) is 12.1. The summed E-state index contributed by atoms with van der Waals surface area (Å²) in [7, 11) is 0. The van der Waals surface area contributed by atoms with Crippen molar-refractivity contribution < 1.29 is 70.4 Å². The molecule has 0 aliphatic heterocycles. The molecule has 0 saturated carbocycles. The smallest absolute Gasteiger partial charge is 0.416 e. The highest BCUT2D eigenvalue weighted by molar-refractivity contribution is 14.1. The van der Waals surface area contributed by atoms with E-state index in [0.717, 1.165) is 61.3 Å². The van der Waals surface area contributed by atoms with Gasteiger partial charge >= 0.3 is 24.7 Å². The van der Waals surface area contributed by atoms with Crippen molar-refractivity contribution >= 4 is 89.6 Å². The van der Waals surface area contributed by atoms with Crippen molar-refractivity contribution in [3.8, 4) is 44.5 Å². The Bertz CT molecular complexity index is 3370. The van der Waals surface area contributed by atoms with E-state index in [1.807, 2.05) is 0 Å². The van der Waals surface area contributed by atoms with Crippen molar-refractivity contribution in [2.75, 3.05) is 0 Å². The van der Waals surface area contributed by atoms with Gasteiger partial charge in [0.15, 0.2) is 35.1 Å². The van der Waals surface area contributed by atoms with Gasteiger partial charge in [-0.1, -0.05) is 24.3 Å². The van der Waals surface area contributed by atoms with Gasteiger partial charge in [-0.05, 0) is 121 Å². The number of halogens is 14. The van der Waals surface area contributed by atoms with Crippen molar-refractivity contribution in [3.63, 3.8) is 0 Å². The monoisotopic (exact) mass is 1200 g/mol. The van der Waals surface area contributed by atoms with Crippen LogP contribution in [-0.2, 0) is 24.7 Å². The molecule has 0 fully saturated rings. The van der Waals surface area contributed by atoms with Gasteiger partial charge in [0.1, 0.15) is 22.1 Å². The van der Waals surface area contributed by atoms with Crippen LogP contribution in [-0.4, -0.2) is 19.9 Å². The first kappa shape index (κ1) is 48.8. The molecule has 0 aliphatic carbocycles. The number of nitrogens with zero attached hydrogens (tertiary/aromatic N) is 4. The van der Waals surface area contributed by atoms with Crippen molar-refractivity contribution in [2.24, 2.45) is 0 Å². The van der Waals surface area contributed by atoms with Crippen LogP contribution in [0.15, 0.2) is 103 Å². The van der Waals surface area contributed by atoms with Gasteiger partial charge in [0.2, 0.25) is 0 Å². The van der Waals surface area contributed by atoms with Gasteiger partial charge in [-0.15, -0.1) is 0 Å². The summed E-state index contributed by atoms with van der Waals surface area (Å²) in [6, 6.07) is 14.1. The fraction of sp³-hybridized carbons (Fsp3) is 0.167. The Balaban J connectivity index is 0.000000174. The zero-order valence-corrected chi connectivity index (χ0v) is 40.1. The van der Waals surface area contributed by atoms with Crippen molar-refractivity contribution in [1.29, 1.82) is 0 Å². The molecule has 4 heterocycles. The number of hydrogen-bond acceptors (Lipinski definition) is 8. The highest BCUT2D eigenvalue weighted by Gasteiger charge is 2.36. The van der Waals surface area contributed by atoms with Gasteiger partial charge in [-0.25, -0.2) is 19.9 Å². The first-order valence-corrected chi connectivity index (χ1v) is 22.3. The highest BCUT2D eigenvalue weighted by atomic mass is 127. The third kappa shape index (κ3) is 9.18. The average molecular weight is 1200 g/mol. The van der Waals surface area contributed by atoms with E-state index >= 15 is 0 Å². The van der Waals surface area contributed by atoms with E-state index in [1.54, 1.807) is 57.3 Å². The van der Waals surface area contributed by atoms with Crippen molar-refractivity contribution in [3.05, 3.63) is 138 Å². The normalized spacial score (nSPS) is 12.7. The first-order valence-electron chi connectivity index (χ1n) is 20.1. The Hall–Kier alpha value is -6.18. The van der Waals surface area contributed by atoms with Crippen LogP contribution in [0.4, 0.5) is 52.7 Å². The minimum Gasteiger partial charge on any atom is -0.443 e. The van der Waals surface area contributed by atoms with E-state index in [2.05, 4.69) is 19.9 Å². The van der Waals surface area contributed by atoms with Gasteiger partial charge in [-0.3, -0.25) is 0 Å². The summed E-state index contributed by atoms with van der Waals surface area (Å²) in [4.78, 5) is 17.1. The van der Waals surface area contributed by atoms with E-state index in [1.165, 1.54) is 39.8 Å². The summed E-state index contributed by atoms with van der Waals surface area (Å²) in [6.07, 6.45) is -16.2. The molecule has 8 nitrogen and oxygen atoms in total. The zero-order chi connectivity index (χ0) is 50.6. The molecular formula is C48H26F12I2N4O4. The molecule has 0 bridgehead atoms. The van der Waals surface area contributed by atoms with Crippen LogP contribution in [0, 0.1) is 35.5 Å². The molecule has 0 N–H and O–H groups in total. The minimum absolute atomic E-state index is 0.0881. The van der Waals surface area contributed by atoms with Crippen LogP contribution < -0.4 is 0 Å². The predicted octanol–water partition coefficient (Wildman–Crippen LogP) is 17.1. The number of aryl methyl sites for hydroxylation is 4. The SMILES string of the molecule is Cc1cc(-c2c3nc(I)oc3c(-c3cc(C)cc(C(F)(F)F)c3)c3nc(I)oc23)cc(C(F)(F)F)c1.Cc1cc(-c2c3ncoc3c(-c3cc(C)cc(C(F)(F)F)c3)c3ncoc23)cc(C(F)(F)F)c1. The number of aromatic nitrogens is 4. The Morgan fingerprint density at radius 3 is 0.871 bits per heavy atom. The summed E-state index contributed by atoms with van der Waals surface area (Å²) in [5.41, 5.74) is 0.464. The Morgan fingerprint density at radius 1 is 0.357 bits per heavy atom. The first-order chi connectivity index (χ1) is 32.6. The van der Waals surface area contributed by atoms with E-state index in [4.69, 9.17) is 17.7 Å². The van der Waals surface area contributed by atoms with Gasteiger partial charge < -0.3 is 17.7 Å². The fourth-order valence-electron chi connectivity index (χ4n) is 8.33. The molecule has 0 radical (unpaired) electrons. The highest BCUT2D eigenvalue weighted by Crippen LogP contribution is 2.48. The lowest BCUT2D eigenvalue weighted by molar-refractivity contribution is -0.138. The van der Waals surface area contributed by atoms with E-state index in [0.29, 0.717) is 22.3 Å². The Labute approximate surface area is 412 Å². The van der Waals surface area contributed by atoms with Crippen LogP contribution in [0.1, 0.15) is 44.5 Å². The average Bonchev–Trinajstić information content (AvgIpc) is 4.07. The summed E-state index contributed by atoms with van der Waals surface area (Å²) in [5.74, 6) is 0. The van der Waals surface area contributed by atoms with E-state index in [-0.39, 0.29) is 96.7 Å². The molecule has 4 aromatic heterocycles. The van der Waals surface area contributed by atoms with Crippen molar-refractivity contribution in [2.45, 2.75) is 52.4 Å². The molecule has 10 aromatic rings. The molecule has 0 saturated heterocycles. The molecule has 0 amide bonds. The maximum Gasteiger partial charge on any atom is 0.416 e. The lowest BCUT2D eigenvalue weighted by Gasteiger charge is -2.14. The van der Waals surface area contributed by atoms with Crippen LogP contribution in [0.3, 0.4) is 0 Å². The molecule has 10 rings (SSSR count). The number of benzene rings is 6. The molecule has 360 valence electrons. The molecule has 0 unspecified atom stereocenters. The quantitative estimate of drug-likeness (QED) is 0.127. The number of hydrogen-bond donors (Lipinski definition) is 0. The van der Waals surface area contributed by atoms with Gasteiger partial charge in [-0.2, -0.15) is 52.7 Å². The summed E-state index contributed by atoms with van der Waals surface area (Å²) >= 11 is 3.60. The minimum atomic E-state index is -4.59. The topological polar surface area (TPSA) is 104 Å². The maximum atomic E-state index is 13.6. The largest absolute Gasteiger partial charge is 0.443 e. The molecular weight excluding hydrogens is 1180 g/mol. The van der Waals surface area contributed by atoms with E-state index < -0.39 is 47.0 Å². The molecule has 0 aliphatic rings. The summed E-state index contributed by atoms with van der Waals surface area (Å²) in [5, 5.41) is 0. The zero-order valence-electron chi connectivity index (χ0n) is 35.8. The van der Waals surface area contributed by atoms with Crippen LogP contribution in [0.25, 0.3) is 88.9 Å². The lowest BCUT2D eigenvalue weighted by atomic mass is 9.93. The molecule has 0 spiro atoms. The maximum absolute atomic E-state index is 13.6. The number of alkyl halides is 12. The fourth-order valence-corrected chi connectivity index (χ4v) is 9.26. The molecule has 70 heavy (non-hydrogen) atoms. The number of oxazole rings is 4. The number of fused-ring (bicyclic) bond motifs is 4. The van der Waals surface area contributed by atoms with Crippen LogP contribution >= 0.6 is 45.2 Å². The third-order valence-electron chi connectivity index (χ3n) is 11.0. The third-order valence-corrected chi connectivity index (χ3v) is 11.9. The number of rotatable bonds is 4. The van der Waals surface area contributed by atoms with E-state index in [9.17, 15) is 52.7 Å². The molecule has 6 aromatic carbocycles. The second kappa shape index (κ2) is 17.3. The molecule has 22 heteroatoms.